The molecule has 0 fully saturated rings. The third kappa shape index (κ3) is 8.10. The summed E-state index contributed by atoms with van der Waals surface area (Å²) >= 11 is 0. The number of aromatic nitrogens is 5. The number of carboxylic acids is 1. The maximum absolute atomic E-state index is 14.4. The molecule has 47 heavy (non-hydrogen) atoms. The first-order valence-electron chi connectivity index (χ1n) is 13.8. The largest absolute Gasteiger partial charge is 0.494 e. The number of hydrogen-bond donors (Lipinski definition) is 1. The number of pyridine rings is 1. The molecule has 0 spiro atoms. The van der Waals surface area contributed by atoms with Crippen LogP contribution < -0.4 is 4.74 Å². The summed E-state index contributed by atoms with van der Waals surface area (Å²) in [5, 5.41) is 13.2. The van der Waals surface area contributed by atoms with Gasteiger partial charge in [-0.2, -0.15) is 18.3 Å². The zero-order valence-electron chi connectivity index (χ0n) is 25.0. The number of rotatable bonds is 11. The SMILES string of the molecule is CCCOc1ccc(-c2ccc(C(C(=O)OCCC(=O)O)n3cc4nc(-c5cccc(F)c5F)nc-4cn3)cn2)c(C(F)(F)F)c1.[Na]. The van der Waals surface area contributed by atoms with Crippen molar-refractivity contribution in [2.75, 3.05) is 13.2 Å². The monoisotopic (exact) mass is 664 g/mol. The summed E-state index contributed by atoms with van der Waals surface area (Å²) in [7, 11) is 0. The van der Waals surface area contributed by atoms with Crippen LogP contribution >= 0.6 is 0 Å². The van der Waals surface area contributed by atoms with Gasteiger partial charge in [0.1, 0.15) is 23.7 Å². The van der Waals surface area contributed by atoms with E-state index < -0.39 is 54.4 Å². The minimum absolute atomic E-state index is 0. The van der Waals surface area contributed by atoms with Crippen LogP contribution in [0, 0.1) is 11.6 Å². The van der Waals surface area contributed by atoms with Crippen molar-refractivity contribution < 1.29 is 46.1 Å². The number of aliphatic carboxylic acids is 1. The number of alkyl halides is 3. The van der Waals surface area contributed by atoms with Gasteiger partial charge in [-0.25, -0.2) is 23.5 Å². The normalized spacial score (nSPS) is 12.0. The number of halogens is 5. The molecule has 2 aliphatic heterocycles. The van der Waals surface area contributed by atoms with E-state index in [0.717, 1.165) is 16.8 Å². The Labute approximate surface area is 286 Å². The van der Waals surface area contributed by atoms with Crippen LogP contribution in [0.15, 0.2) is 67.1 Å². The van der Waals surface area contributed by atoms with Crippen LogP contribution in [0.3, 0.4) is 0 Å². The van der Waals surface area contributed by atoms with Gasteiger partial charge in [0.2, 0.25) is 0 Å². The average molecular weight is 665 g/mol. The molecule has 10 nitrogen and oxygen atoms in total. The number of imidazole rings is 1. The van der Waals surface area contributed by atoms with Crippen LogP contribution in [-0.2, 0) is 20.5 Å². The van der Waals surface area contributed by atoms with E-state index in [1.807, 2.05) is 6.92 Å². The molecular formula is C31H24F5N5NaO5. The second-order valence-electron chi connectivity index (χ2n) is 9.92. The van der Waals surface area contributed by atoms with E-state index in [1.165, 1.54) is 55.0 Å². The van der Waals surface area contributed by atoms with Gasteiger partial charge in [0.05, 0.1) is 42.2 Å². The van der Waals surface area contributed by atoms with Gasteiger partial charge in [-0.3, -0.25) is 14.5 Å². The van der Waals surface area contributed by atoms with Crippen LogP contribution in [0.1, 0.15) is 36.9 Å². The zero-order chi connectivity index (χ0) is 33.0. The van der Waals surface area contributed by atoms with Crippen LogP contribution in [0.4, 0.5) is 22.0 Å². The van der Waals surface area contributed by atoms with Crippen molar-refractivity contribution in [2.45, 2.75) is 32.0 Å². The van der Waals surface area contributed by atoms with Crippen LogP contribution in [0.2, 0.25) is 0 Å². The molecule has 1 radical (unpaired) electrons. The molecule has 3 aromatic rings. The maximum atomic E-state index is 14.4. The molecule has 0 amide bonds. The average Bonchev–Trinajstić information content (AvgIpc) is 3.44. The summed E-state index contributed by atoms with van der Waals surface area (Å²) in [6.07, 6.45) is -0.917. The van der Waals surface area contributed by atoms with Gasteiger partial charge in [-0.15, -0.1) is 0 Å². The molecule has 5 rings (SSSR count). The Bertz CT molecular complexity index is 1850. The smallest absolute Gasteiger partial charge is 0.417 e. The summed E-state index contributed by atoms with van der Waals surface area (Å²) < 4.78 is 81.8. The molecule has 0 aliphatic carbocycles. The molecule has 0 bridgehead atoms. The predicted molar refractivity (Wildman–Crippen MR) is 157 cm³/mol. The Kier molecular flexibility index (Phi) is 11.3. The van der Waals surface area contributed by atoms with Crippen molar-refractivity contribution >= 4 is 41.5 Å². The Balaban J connectivity index is 0.00000500. The van der Waals surface area contributed by atoms with Crippen LogP contribution in [0.25, 0.3) is 34.0 Å². The third-order valence-electron chi connectivity index (χ3n) is 6.67. The predicted octanol–water partition coefficient (Wildman–Crippen LogP) is 5.82. The van der Waals surface area contributed by atoms with Gasteiger partial charge in [-0.05, 0) is 42.8 Å². The van der Waals surface area contributed by atoms with Crippen LogP contribution in [0.5, 0.6) is 5.75 Å². The Hall–Kier alpha value is -4.47. The standard InChI is InChI=1S/C31H24F5N5O5.Na/c1-2-11-45-18-7-8-19(21(13-18)31(34,35)36)23-9-6-17(14-37-23)28(30(44)46-12-10-26(42)43)41-16-25-24(15-38-41)39-29(40-25)20-4-3-5-22(32)27(20)33;/h3-9,13-16,28H,2,10-12H2,1H3,(H,42,43);. The first-order valence-corrected chi connectivity index (χ1v) is 13.8. The van der Waals surface area contributed by atoms with E-state index in [-0.39, 0.29) is 81.5 Å². The molecule has 2 aliphatic rings. The molecule has 3 heterocycles. The second-order valence-corrected chi connectivity index (χ2v) is 9.92. The number of benzene rings is 2. The van der Waals surface area contributed by atoms with Crippen molar-refractivity contribution in [3.05, 3.63) is 89.9 Å². The second kappa shape index (κ2) is 15.0. The Morgan fingerprint density at radius 1 is 0.957 bits per heavy atom. The van der Waals surface area contributed by atoms with Crippen molar-refractivity contribution in [3.8, 4) is 39.8 Å². The summed E-state index contributed by atoms with van der Waals surface area (Å²) in [5.41, 5.74) is -0.973. The summed E-state index contributed by atoms with van der Waals surface area (Å²) in [6, 6.07) is 8.31. The molecule has 0 saturated carbocycles. The molecule has 1 atom stereocenters. The first kappa shape index (κ1) is 35.4. The van der Waals surface area contributed by atoms with E-state index in [1.54, 1.807) is 0 Å². The molecule has 1 aromatic heterocycles. The van der Waals surface area contributed by atoms with E-state index in [0.29, 0.717) is 6.42 Å². The fraction of sp³-hybridized carbons (Fsp3) is 0.226. The Morgan fingerprint density at radius 3 is 2.40 bits per heavy atom. The number of carbonyl (C=O) groups is 2. The van der Waals surface area contributed by atoms with E-state index in [9.17, 15) is 31.5 Å². The van der Waals surface area contributed by atoms with Gasteiger partial charge in [0, 0.05) is 46.9 Å². The number of carboxylic acid groups (broad SMARTS) is 1. The minimum atomic E-state index is -4.72. The molecular weight excluding hydrogens is 640 g/mol. The van der Waals surface area contributed by atoms with Crippen molar-refractivity contribution in [1.82, 2.24) is 24.7 Å². The number of esters is 1. The van der Waals surface area contributed by atoms with Gasteiger partial charge >= 0.3 is 18.1 Å². The maximum Gasteiger partial charge on any atom is 0.417 e. The first-order chi connectivity index (χ1) is 22.0. The molecule has 2 aromatic carbocycles. The number of hydrogen-bond acceptors (Lipinski definition) is 8. The molecule has 0 saturated heterocycles. The fourth-order valence-corrected chi connectivity index (χ4v) is 4.51. The van der Waals surface area contributed by atoms with E-state index in [4.69, 9.17) is 14.6 Å². The zero-order valence-corrected chi connectivity index (χ0v) is 27.0. The number of carbonyl (C=O) groups excluding carboxylic acids is 1. The van der Waals surface area contributed by atoms with Crippen molar-refractivity contribution in [3.63, 3.8) is 0 Å². The topological polar surface area (TPSA) is 129 Å². The molecule has 1 N–H and O–H groups in total. The van der Waals surface area contributed by atoms with Gasteiger partial charge < -0.3 is 14.6 Å². The van der Waals surface area contributed by atoms with Gasteiger partial charge in [0.15, 0.2) is 23.5 Å². The molecule has 1 unspecified atom stereocenters. The van der Waals surface area contributed by atoms with E-state index >= 15 is 0 Å². The van der Waals surface area contributed by atoms with Crippen LogP contribution in [-0.4, -0.2) is 84.5 Å². The molecule has 16 heteroatoms. The number of fused-ring (bicyclic) bond motifs is 1. The summed E-state index contributed by atoms with van der Waals surface area (Å²) in [4.78, 5) is 36.8. The van der Waals surface area contributed by atoms with Gasteiger partial charge in [-0.1, -0.05) is 19.1 Å². The summed E-state index contributed by atoms with van der Waals surface area (Å²) in [5.74, 6) is -4.49. The third-order valence-corrected chi connectivity index (χ3v) is 6.67. The number of ether oxygens (including phenoxy) is 2. The molecule has 239 valence electrons. The number of nitrogens with zero attached hydrogens (tertiary/aromatic N) is 5. The summed E-state index contributed by atoms with van der Waals surface area (Å²) in [6.45, 7) is 1.59. The van der Waals surface area contributed by atoms with Crippen molar-refractivity contribution in [1.29, 1.82) is 0 Å². The minimum Gasteiger partial charge on any atom is -0.494 e. The quantitative estimate of drug-likeness (QED) is 0.106. The van der Waals surface area contributed by atoms with Crippen molar-refractivity contribution in [2.24, 2.45) is 0 Å². The fourth-order valence-electron chi connectivity index (χ4n) is 4.51. The van der Waals surface area contributed by atoms with Gasteiger partial charge in [0.25, 0.3) is 0 Å². The van der Waals surface area contributed by atoms with E-state index in [2.05, 4.69) is 20.1 Å². The Morgan fingerprint density at radius 2 is 1.72 bits per heavy atom.